The van der Waals surface area contributed by atoms with Crippen molar-refractivity contribution >= 4 is 23.2 Å². The van der Waals surface area contributed by atoms with Gasteiger partial charge in [0, 0.05) is 36.4 Å². The molecule has 1 aliphatic rings. The van der Waals surface area contributed by atoms with Gasteiger partial charge < -0.3 is 15.5 Å². The van der Waals surface area contributed by atoms with Crippen LogP contribution in [0.4, 0.5) is 5.69 Å². The Bertz CT molecular complexity index is 948. The Morgan fingerprint density at radius 3 is 2.24 bits per heavy atom. The lowest BCUT2D eigenvalue weighted by Gasteiger charge is -2.31. The van der Waals surface area contributed by atoms with Gasteiger partial charge in [-0.1, -0.05) is 61.4 Å². The Hall–Kier alpha value is -2.30. The first-order chi connectivity index (χ1) is 16.2. The molecule has 0 aromatic heterocycles. The van der Waals surface area contributed by atoms with Gasteiger partial charge in [0.2, 0.25) is 5.91 Å². The van der Waals surface area contributed by atoms with E-state index in [1.165, 1.54) is 22.4 Å². The second kappa shape index (κ2) is 12.4. The number of hydrogen-bond donors (Lipinski definition) is 1. The highest BCUT2D eigenvalue weighted by Crippen LogP contribution is 2.25. The number of carbonyl (C=O) groups is 1. The van der Waals surface area contributed by atoms with E-state index in [1.807, 2.05) is 17.0 Å². The van der Waals surface area contributed by atoms with Crippen molar-refractivity contribution in [3.63, 3.8) is 0 Å². The van der Waals surface area contributed by atoms with Crippen molar-refractivity contribution < 1.29 is 4.79 Å². The standard InChI is InChI=1S/C29H40ClN3O/c1-21(2)15-18-33(27-16-17-32(20-27)29(34)28(31)19-22(3)4)26-13-9-24(10-14-26)6-5-23-7-11-25(30)12-8-23/h7-15,22,27-28H,5-6,16-20,31H2,1-4H3/t27?,28-/m0/s1. The molecule has 4 nitrogen and oxygen atoms in total. The highest BCUT2D eigenvalue weighted by Gasteiger charge is 2.32. The maximum Gasteiger partial charge on any atom is 0.239 e. The third-order valence-corrected chi connectivity index (χ3v) is 6.79. The Kier molecular flexibility index (Phi) is 9.61. The zero-order valence-electron chi connectivity index (χ0n) is 21.1. The van der Waals surface area contributed by atoms with Gasteiger partial charge in [0.15, 0.2) is 0 Å². The minimum absolute atomic E-state index is 0.0934. The smallest absolute Gasteiger partial charge is 0.239 e. The Balaban J connectivity index is 1.66. The summed E-state index contributed by atoms with van der Waals surface area (Å²) in [5, 5.41) is 0.777. The van der Waals surface area contributed by atoms with Crippen LogP contribution < -0.4 is 10.6 Å². The fourth-order valence-corrected chi connectivity index (χ4v) is 4.71. The molecule has 1 unspecified atom stereocenters. The van der Waals surface area contributed by atoms with E-state index >= 15 is 0 Å². The summed E-state index contributed by atoms with van der Waals surface area (Å²) in [5.41, 5.74) is 11.3. The average molecular weight is 482 g/mol. The predicted octanol–water partition coefficient (Wildman–Crippen LogP) is 5.87. The Labute approximate surface area is 210 Å². The van der Waals surface area contributed by atoms with Gasteiger partial charge in [-0.25, -0.2) is 0 Å². The normalized spacial score (nSPS) is 16.6. The first-order valence-corrected chi connectivity index (χ1v) is 12.9. The molecule has 2 N–H and O–H groups in total. The predicted molar refractivity (Wildman–Crippen MR) is 144 cm³/mol. The molecule has 1 amide bonds. The zero-order valence-corrected chi connectivity index (χ0v) is 21.9. The number of likely N-dealkylation sites (tertiary alicyclic amines) is 1. The third kappa shape index (κ3) is 7.61. The first-order valence-electron chi connectivity index (χ1n) is 12.5. The maximum absolute atomic E-state index is 12.9. The van der Waals surface area contributed by atoms with E-state index in [-0.39, 0.29) is 5.91 Å². The largest absolute Gasteiger partial charge is 0.363 e. The molecule has 5 heteroatoms. The van der Waals surface area contributed by atoms with E-state index in [1.54, 1.807) is 0 Å². The summed E-state index contributed by atoms with van der Waals surface area (Å²) in [5.74, 6) is 0.514. The van der Waals surface area contributed by atoms with Crippen LogP contribution in [0.1, 0.15) is 51.7 Å². The van der Waals surface area contributed by atoms with Gasteiger partial charge in [0.1, 0.15) is 0 Å². The van der Waals surface area contributed by atoms with E-state index in [2.05, 4.69) is 75.1 Å². The SMILES string of the molecule is CC(C)=CCN(c1ccc(CCc2ccc(Cl)cc2)cc1)C1CCN(C(=O)[C@@H](N)CC(C)C)C1. The summed E-state index contributed by atoms with van der Waals surface area (Å²) in [6.45, 7) is 10.8. The van der Waals surface area contributed by atoms with Crippen LogP contribution in [-0.4, -0.2) is 42.5 Å². The molecule has 3 rings (SSSR count). The van der Waals surface area contributed by atoms with E-state index < -0.39 is 6.04 Å². The molecule has 2 aromatic rings. The number of aryl methyl sites for hydroxylation is 2. The number of nitrogens with two attached hydrogens (primary N) is 1. The van der Waals surface area contributed by atoms with E-state index in [0.29, 0.717) is 12.0 Å². The Morgan fingerprint density at radius 1 is 1.09 bits per heavy atom. The average Bonchev–Trinajstić information content (AvgIpc) is 3.28. The number of hydrogen-bond acceptors (Lipinski definition) is 3. The van der Waals surface area contributed by atoms with Crippen molar-refractivity contribution in [2.75, 3.05) is 24.5 Å². The Morgan fingerprint density at radius 2 is 1.68 bits per heavy atom. The lowest BCUT2D eigenvalue weighted by molar-refractivity contribution is -0.131. The van der Waals surface area contributed by atoms with Gasteiger partial charge in [-0.3, -0.25) is 4.79 Å². The fourth-order valence-electron chi connectivity index (χ4n) is 4.58. The molecule has 34 heavy (non-hydrogen) atoms. The van der Waals surface area contributed by atoms with Crippen molar-refractivity contribution in [1.29, 1.82) is 0 Å². The molecule has 0 radical (unpaired) electrons. The molecule has 1 heterocycles. The number of halogens is 1. The quantitative estimate of drug-likeness (QED) is 0.431. The van der Waals surface area contributed by atoms with Gasteiger partial charge in [0.05, 0.1) is 6.04 Å². The van der Waals surface area contributed by atoms with Crippen molar-refractivity contribution in [3.05, 3.63) is 76.3 Å². The van der Waals surface area contributed by atoms with Crippen LogP contribution in [0, 0.1) is 5.92 Å². The maximum atomic E-state index is 12.9. The van der Waals surface area contributed by atoms with Gasteiger partial charge >= 0.3 is 0 Å². The van der Waals surface area contributed by atoms with Crippen LogP contribution in [0.5, 0.6) is 0 Å². The molecule has 1 fully saturated rings. The van der Waals surface area contributed by atoms with E-state index in [4.69, 9.17) is 17.3 Å². The molecule has 1 saturated heterocycles. The van der Waals surface area contributed by atoms with Crippen LogP contribution in [0.25, 0.3) is 0 Å². The molecule has 184 valence electrons. The highest BCUT2D eigenvalue weighted by molar-refractivity contribution is 6.30. The van der Waals surface area contributed by atoms with Crippen LogP contribution in [0.15, 0.2) is 60.2 Å². The van der Waals surface area contributed by atoms with Crippen LogP contribution in [0.2, 0.25) is 5.02 Å². The topological polar surface area (TPSA) is 49.6 Å². The molecule has 0 spiro atoms. The second-order valence-corrected chi connectivity index (χ2v) is 10.6. The number of rotatable bonds is 10. The van der Waals surface area contributed by atoms with E-state index in [0.717, 1.165) is 50.3 Å². The summed E-state index contributed by atoms with van der Waals surface area (Å²) in [6.07, 6.45) is 5.96. The minimum atomic E-state index is -0.398. The van der Waals surface area contributed by atoms with E-state index in [9.17, 15) is 4.79 Å². The monoisotopic (exact) mass is 481 g/mol. The zero-order chi connectivity index (χ0) is 24.7. The van der Waals surface area contributed by atoms with Crippen molar-refractivity contribution in [3.8, 4) is 0 Å². The highest BCUT2D eigenvalue weighted by atomic mass is 35.5. The van der Waals surface area contributed by atoms with Crippen molar-refractivity contribution in [2.45, 2.75) is 65.5 Å². The molecule has 0 bridgehead atoms. The van der Waals surface area contributed by atoms with Gasteiger partial charge in [-0.2, -0.15) is 0 Å². The van der Waals surface area contributed by atoms with Gasteiger partial charge in [0.25, 0.3) is 0 Å². The van der Waals surface area contributed by atoms with Crippen LogP contribution in [-0.2, 0) is 17.6 Å². The molecule has 2 aromatic carbocycles. The molecule has 0 aliphatic carbocycles. The van der Waals surface area contributed by atoms with Crippen LogP contribution in [0.3, 0.4) is 0 Å². The number of anilines is 1. The van der Waals surface area contributed by atoms with Crippen molar-refractivity contribution in [1.82, 2.24) is 4.90 Å². The first kappa shape index (κ1) is 26.3. The molecule has 2 atom stereocenters. The number of allylic oxidation sites excluding steroid dienone is 1. The molecule has 1 aliphatic heterocycles. The number of carbonyl (C=O) groups excluding carboxylic acids is 1. The third-order valence-electron chi connectivity index (χ3n) is 6.54. The summed E-state index contributed by atoms with van der Waals surface area (Å²) >= 11 is 6.00. The second-order valence-electron chi connectivity index (χ2n) is 10.2. The van der Waals surface area contributed by atoms with Crippen molar-refractivity contribution in [2.24, 2.45) is 11.7 Å². The number of nitrogens with zero attached hydrogens (tertiary/aromatic N) is 2. The molecular weight excluding hydrogens is 442 g/mol. The summed E-state index contributed by atoms with van der Waals surface area (Å²) < 4.78 is 0. The lowest BCUT2D eigenvalue weighted by atomic mass is 10.0. The minimum Gasteiger partial charge on any atom is -0.363 e. The fraction of sp³-hybridized carbons (Fsp3) is 0.483. The molecular formula is C29H40ClN3O. The summed E-state index contributed by atoms with van der Waals surface area (Å²) in [4.78, 5) is 17.3. The number of amides is 1. The summed E-state index contributed by atoms with van der Waals surface area (Å²) in [7, 11) is 0. The van der Waals surface area contributed by atoms with Gasteiger partial charge in [-0.15, -0.1) is 0 Å². The lowest BCUT2D eigenvalue weighted by Crippen LogP contribution is -2.45. The van der Waals surface area contributed by atoms with Crippen LogP contribution >= 0.6 is 11.6 Å². The van der Waals surface area contributed by atoms with Gasteiger partial charge in [-0.05, 0) is 80.8 Å². The number of benzene rings is 2. The molecule has 0 saturated carbocycles. The summed E-state index contributed by atoms with van der Waals surface area (Å²) in [6, 6.07) is 16.9.